The molecule has 33 heavy (non-hydrogen) atoms. The minimum atomic E-state index is -0.0251. The topological polar surface area (TPSA) is 84.7 Å². The van der Waals surface area contributed by atoms with Crippen LogP contribution >= 0.6 is 11.3 Å². The monoisotopic (exact) mass is 458 g/mol. The van der Waals surface area contributed by atoms with Crippen molar-refractivity contribution in [3.63, 3.8) is 0 Å². The number of fused-ring (bicyclic) bond motifs is 3. The molecule has 0 radical (unpaired) electrons. The lowest BCUT2D eigenvalue weighted by molar-refractivity contribution is -0.119. The van der Waals surface area contributed by atoms with Crippen LogP contribution in [0, 0.1) is 6.92 Å². The number of likely N-dealkylation sites (N-methyl/N-ethyl adjacent to an activating group) is 1. The zero-order chi connectivity index (χ0) is 22.9. The van der Waals surface area contributed by atoms with Crippen molar-refractivity contribution in [2.75, 3.05) is 19.4 Å². The lowest BCUT2D eigenvalue weighted by Gasteiger charge is -2.10. The summed E-state index contributed by atoms with van der Waals surface area (Å²) in [4.78, 5) is 22.5. The summed E-state index contributed by atoms with van der Waals surface area (Å²) in [6.07, 6.45) is 4.96. The fraction of sp³-hybridized carbons (Fsp3) is 0.280. The number of aryl methyl sites for hydroxylation is 2. The smallest absolute Gasteiger partial charge is 0.226 e. The van der Waals surface area contributed by atoms with Gasteiger partial charge in [0, 0.05) is 31.4 Å². The van der Waals surface area contributed by atoms with E-state index in [4.69, 9.17) is 10.1 Å². The Labute approximate surface area is 196 Å². The van der Waals surface area contributed by atoms with Crippen molar-refractivity contribution in [1.29, 1.82) is 0 Å². The number of nitrogens with zero attached hydrogens (tertiary/aromatic N) is 4. The van der Waals surface area contributed by atoms with Gasteiger partial charge in [-0.25, -0.2) is 14.6 Å². The summed E-state index contributed by atoms with van der Waals surface area (Å²) in [5, 5.41) is 11.8. The van der Waals surface area contributed by atoms with Crippen LogP contribution in [0.4, 0.5) is 5.82 Å². The van der Waals surface area contributed by atoms with E-state index in [0.717, 1.165) is 68.9 Å². The Morgan fingerprint density at radius 2 is 2.00 bits per heavy atom. The molecule has 1 amide bonds. The highest BCUT2D eigenvalue weighted by Crippen LogP contribution is 2.42. The minimum Gasteiger partial charge on any atom is -0.373 e. The van der Waals surface area contributed by atoms with Crippen LogP contribution in [0.1, 0.15) is 28.2 Å². The molecule has 8 heteroatoms. The Morgan fingerprint density at radius 3 is 2.73 bits per heavy atom. The number of nitrogens with one attached hydrogen (secondary N) is 2. The summed E-state index contributed by atoms with van der Waals surface area (Å²) >= 11 is 1.61. The fourth-order valence-corrected chi connectivity index (χ4v) is 5.47. The van der Waals surface area contributed by atoms with Gasteiger partial charge in [0.25, 0.3) is 0 Å². The summed E-state index contributed by atoms with van der Waals surface area (Å²) in [7, 11) is 3.52. The van der Waals surface area contributed by atoms with Gasteiger partial charge in [-0.1, -0.05) is 18.2 Å². The van der Waals surface area contributed by atoms with Gasteiger partial charge in [0.1, 0.15) is 10.8 Å². The van der Waals surface area contributed by atoms with Gasteiger partial charge in [-0.15, -0.1) is 11.3 Å². The predicted octanol–water partition coefficient (Wildman–Crippen LogP) is 4.19. The molecule has 2 N–H and O–H groups in total. The van der Waals surface area contributed by atoms with Gasteiger partial charge >= 0.3 is 0 Å². The van der Waals surface area contributed by atoms with Crippen molar-refractivity contribution in [1.82, 2.24) is 25.1 Å². The van der Waals surface area contributed by atoms with Crippen molar-refractivity contribution in [3.8, 4) is 27.5 Å². The molecular formula is C25H26N6OS. The first-order valence-corrected chi connectivity index (χ1v) is 11.9. The number of rotatable bonds is 5. The van der Waals surface area contributed by atoms with Gasteiger partial charge in [0.2, 0.25) is 5.91 Å². The third-order valence-corrected chi connectivity index (χ3v) is 7.11. The quantitative estimate of drug-likeness (QED) is 0.469. The van der Waals surface area contributed by atoms with E-state index < -0.39 is 0 Å². The first kappa shape index (κ1) is 21.3. The SMILES string of the molecule is CNC(=O)Cc1nc2c(s1)-c1c(c(-c3ccc(NC)nc3)nn1-c1ccccc1C)CCC2. The molecule has 0 saturated heterocycles. The van der Waals surface area contributed by atoms with Crippen LogP contribution in [0.25, 0.3) is 27.5 Å². The molecule has 1 aromatic carbocycles. The molecule has 3 aromatic heterocycles. The van der Waals surface area contributed by atoms with E-state index in [9.17, 15) is 4.79 Å². The third kappa shape index (κ3) is 3.91. The predicted molar refractivity (Wildman–Crippen MR) is 132 cm³/mol. The number of anilines is 1. The molecule has 168 valence electrons. The van der Waals surface area contributed by atoms with Gasteiger partial charge in [0.05, 0.1) is 34.1 Å². The summed E-state index contributed by atoms with van der Waals surface area (Å²) in [5.74, 6) is 0.801. The summed E-state index contributed by atoms with van der Waals surface area (Å²) in [6, 6.07) is 12.3. The molecule has 1 aliphatic rings. The molecule has 3 heterocycles. The molecule has 0 saturated carbocycles. The molecule has 0 aliphatic heterocycles. The number of aromatic nitrogens is 4. The molecule has 4 aromatic rings. The number of para-hydroxylation sites is 1. The van der Waals surface area contributed by atoms with Crippen molar-refractivity contribution in [3.05, 3.63) is 64.4 Å². The van der Waals surface area contributed by atoms with Gasteiger partial charge in [-0.2, -0.15) is 5.10 Å². The van der Waals surface area contributed by atoms with E-state index in [0.29, 0.717) is 6.42 Å². The fourth-order valence-electron chi connectivity index (χ4n) is 4.30. The summed E-state index contributed by atoms with van der Waals surface area (Å²) < 4.78 is 2.07. The van der Waals surface area contributed by atoms with Crippen LogP contribution in [0.3, 0.4) is 0 Å². The maximum absolute atomic E-state index is 12.0. The second-order valence-electron chi connectivity index (χ2n) is 8.14. The molecule has 0 spiro atoms. The number of thiazole rings is 1. The second-order valence-corrected chi connectivity index (χ2v) is 9.23. The summed E-state index contributed by atoms with van der Waals surface area (Å²) in [5.41, 5.74) is 7.51. The van der Waals surface area contributed by atoms with Crippen molar-refractivity contribution in [2.24, 2.45) is 0 Å². The molecule has 0 unspecified atom stereocenters. The van der Waals surface area contributed by atoms with Crippen LogP contribution in [-0.2, 0) is 24.1 Å². The summed E-state index contributed by atoms with van der Waals surface area (Å²) in [6.45, 7) is 2.10. The zero-order valence-corrected chi connectivity index (χ0v) is 19.8. The molecule has 1 aliphatic carbocycles. The van der Waals surface area contributed by atoms with Crippen LogP contribution < -0.4 is 10.6 Å². The van der Waals surface area contributed by atoms with E-state index in [1.54, 1.807) is 18.4 Å². The highest BCUT2D eigenvalue weighted by molar-refractivity contribution is 7.15. The van der Waals surface area contributed by atoms with E-state index in [-0.39, 0.29) is 5.91 Å². The molecular weight excluding hydrogens is 432 g/mol. The van der Waals surface area contributed by atoms with Crippen molar-refractivity contribution < 1.29 is 4.79 Å². The van der Waals surface area contributed by atoms with Gasteiger partial charge in [0.15, 0.2) is 0 Å². The van der Waals surface area contributed by atoms with Crippen molar-refractivity contribution >= 4 is 23.1 Å². The molecule has 0 atom stereocenters. The van der Waals surface area contributed by atoms with E-state index in [1.807, 2.05) is 31.4 Å². The molecule has 0 bridgehead atoms. The van der Waals surface area contributed by atoms with Gasteiger partial charge < -0.3 is 10.6 Å². The number of pyridine rings is 1. The zero-order valence-electron chi connectivity index (χ0n) is 19.0. The second kappa shape index (κ2) is 8.78. The average Bonchev–Trinajstić information content (AvgIpc) is 3.35. The maximum Gasteiger partial charge on any atom is 0.226 e. The number of carbonyl (C=O) groups is 1. The first-order chi connectivity index (χ1) is 16.1. The standard InChI is InChI=1S/C25H26N6OS/c1-15-7-4-5-10-19(15)31-24-17(23(30-31)16-11-12-20(26-2)28-14-16)8-6-9-18-25(24)33-22(29-18)13-21(32)27-3/h4-5,7,10-12,14H,6,8-9,13H2,1-3H3,(H,26,28)(H,27,32). The van der Waals surface area contributed by atoms with Gasteiger partial charge in [-0.05, 0) is 49.9 Å². The first-order valence-electron chi connectivity index (χ1n) is 11.1. The highest BCUT2D eigenvalue weighted by Gasteiger charge is 2.29. The molecule has 7 nitrogen and oxygen atoms in total. The number of hydrogen-bond donors (Lipinski definition) is 2. The number of carbonyl (C=O) groups excluding carboxylic acids is 1. The number of hydrogen-bond acceptors (Lipinski definition) is 6. The Bertz CT molecular complexity index is 1320. The minimum absolute atomic E-state index is 0.0251. The molecule has 5 rings (SSSR count). The van der Waals surface area contributed by atoms with E-state index in [2.05, 4.69) is 45.4 Å². The Morgan fingerprint density at radius 1 is 1.15 bits per heavy atom. The normalized spacial score (nSPS) is 12.6. The Balaban J connectivity index is 1.73. The van der Waals surface area contributed by atoms with Crippen LogP contribution in [0.15, 0.2) is 42.6 Å². The Hall–Kier alpha value is -3.52. The van der Waals surface area contributed by atoms with E-state index >= 15 is 0 Å². The Kier molecular flexibility index (Phi) is 5.68. The highest BCUT2D eigenvalue weighted by atomic mass is 32.1. The van der Waals surface area contributed by atoms with Crippen LogP contribution in [0.2, 0.25) is 0 Å². The number of amides is 1. The number of benzene rings is 1. The third-order valence-electron chi connectivity index (χ3n) is 6.01. The maximum atomic E-state index is 12.0. The average molecular weight is 459 g/mol. The lowest BCUT2D eigenvalue weighted by atomic mass is 10.0. The molecule has 0 fully saturated rings. The van der Waals surface area contributed by atoms with E-state index in [1.165, 1.54) is 5.56 Å². The van der Waals surface area contributed by atoms with Crippen molar-refractivity contribution in [2.45, 2.75) is 32.6 Å². The largest absolute Gasteiger partial charge is 0.373 e. The lowest BCUT2D eigenvalue weighted by Crippen LogP contribution is -2.19. The van der Waals surface area contributed by atoms with Crippen LogP contribution in [-0.4, -0.2) is 39.8 Å². The van der Waals surface area contributed by atoms with Crippen LogP contribution in [0.5, 0.6) is 0 Å². The van der Waals surface area contributed by atoms with Gasteiger partial charge in [-0.3, -0.25) is 4.79 Å².